The van der Waals surface area contributed by atoms with E-state index in [4.69, 9.17) is 4.42 Å². The van der Waals surface area contributed by atoms with Gasteiger partial charge in [0.05, 0.1) is 23.3 Å². The first-order chi connectivity index (χ1) is 21.3. The summed E-state index contributed by atoms with van der Waals surface area (Å²) in [4.78, 5) is 2.56. The molecule has 0 saturated carbocycles. The minimum atomic E-state index is 0.848. The van der Waals surface area contributed by atoms with Crippen molar-refractivity contribution in [2.45, 2.75) is 0 Å². The zero-order valence-corrected chi connectivity index (χ0v) is 24.2. The van der Waals surface area contributed by atoms with Crippen LogP contribution in [0.15, 0.2) is 168 Å². The van der Waals surface area contributed by atoms with Gasteiger partial charge in [-0.25, -0.2) is 4.42 Å². The first kappa shape index (κ1) is 25.4. The van der Waals surface area contributed by atoms with Crippen molar-refractivity contribution in [3.8, 4) is 65.8 Å². The maximum atomic E-state index is 6.61. The zero-order valence-electron chi connectivity index (χ0n) is 23.4. The molecule has 0 atom stereocenters. The fourth-order valence-electron chi connectivity index (χ4n) is 6.01. The second-order valence-electron chi connectivity index (χ2n) is 10.7. The summed E-state index contributed by atoms with van der Waals surface area (Å²) in [6.45, 7) is 0. The zero-order chi connectivity index (χ0) is 28.6. The monoisotopic (exact) mass is 567 g/mol. The maximum Gasteiger partial charge on any atom is 0.361 e. The Balaban J connectivity index is 1.49. The lowest BCUT2D eigenvalue weighted by Gasteiger charge is -2.15. The van der Waals surface area contributed by atoms with Gasteiger partial charge in [-0.1, -0.05) is 121 Å². The summed E-state index contributed by atoms with van der Waals surface area (Å²) in [7, 11) is 0. The van der Waals surface area contributed by atoms with E-state index < -0.39 is 0 Å². The first-order valence-electron chi connectivity index (χ1n) is 14.5. The molecule has 0 N–H and O–H groups in total. The second-order valence-corrected chi connectivity index (χ2v) is 11.7. The molecular weight excluding hydrogens is 541 g/mol. The van der Waals surface area contributed by atoms with Crippen LogP contribution in [-0.2, 0) is 0 Å². The van der Waals surface area contributed by atoms with Gasteiger partial charge in [-0.15, -0.1) is 11.3 Å². The summed E-state index contributed by atoms with van der Waals surface area (Å²) >= 11 is 1.87. The third-order valence-corrected chi connectivity index (χ3v) is 9.22. The average Bonchev–Trinajstić information content (AvgIpc) is 3.44. The van der Waals surface area contributed by atoms with E-state index in [-0.39, 0.29) is 0 Å². The third kappa shape index (κ3) is 4.63. The van der Waals surface area contributed by atoms with Crippen LogP contribution in [0.4, 0.5) is 0 Å². The van der Waals surface area contributed by atoms with Gasteiger partial charge in [-0.3, -0.25) is 0 Å². The third-order valence-electron chi connectivity index (χ3n) is 8.02. The fraction of sp³-hybridized carbons (Fsp3) is 0. The lowest BCUT2D eigenvalue weighted by atomic mass is 9.93. The van der Waals surface area contributed by atoms with Crippen molar-refractivity contribution in [2.75, 3.05) is 0 Å². The maximum absolute atomic E-state index is 6.61. The molecule has 0 saturated heterocycles. The predicted molar refractivity (Wildman–Crippen MR) is 182 cm³/mol. The van der Waals surface area contributed by atoms with Gasteiger partial charge in [0.15, 0.2) is 0 Å². The van der Waals surface area contributed by atoms with E-state index in [0.717, 1.165) is 28.2 Å². The molecular formula is C41H27OS+. The van der Waals surface area contributed by atoms with E-state index >= 15 is 0 Å². The van der Waals surface area contributed by atoms with Crippen LogP contribution in [0.1, 0.15) is 0 Å². The summed E-state index contributed by atoms with van der Waals surface area (Å²) in [5.41, 5.74) is 9.45. The minimum Gasteiger partial charge on any atom is -0.207 e. The molecule has 0 amide bonds. The molecule has 202 valence electrons. The van der Waals surface area contributed by atoms with Crippen LogP contribution in [-0.4, -0.2) is 0 Å². The SMILES string of the molecule is c1ccc(-c2cc(-c3c4c(-c5ccccc5)cc(-c5ccccc5)sc-4c4ccccc34)cc(-c3ccccc3)[o+]2)cc1. The molecule has 0 spiro atoms. The van der Waals surface area contributed by atoms with Crippen molar-refractivity contribution in [1.29, 1.82) is 0 Å². The molecule has 2 heteroatoms. The van der Waals surface area contributed by atoms with E-state index in [9.17, 15) is 0 Å². The van der Waals surface area contributed by atoms with Crippen LogP contribution < -0.4 is 0 Å². The Kier molecular flexibility index (Phi) is 6.40. The van der Waals surface area contributed by atoms with Gasteiger partial charge in [-0.2, -0.15) is 0 Å². The molecule has 2 heterocycles. The quantitative estimate of drug-likeness (QED) is 0.188. The van der Waals surface area contributed by atoms with Crippen LogP contribution in [0.5, 0.6) is 0 Å². The van der Waals surface area contributed by atoms with Crippen molar-refractivity contribution in [3.63, 3.8) is 0 Å². The molecule has 1 aliphatic heterocycles. The van der Waals surface area contributed by atoms with E-state index in [1.165, 1.54) is 48.3 Å². The van der Waals surface area contributed by atoms with Gasteiger partial charge in [-0.05, 0) is 58.0 Å². The molecule has 1 aromatic heterocycles. The molecule has 8 rings (SSSR count). The lowest BCUT2D eigenvalue weighted by molar-refractivity contribution is 0.582. The van der Waals surface area contributed by atoms with Gasteiger partial charge in [0.25, 0.3) is 0 Å². The molecule has 1 nitrogen and oxygen atoms in total. The van der Waals surface area contributed by atoms with Gasteiger partial charge in [0.2, 0.25) is 0 Å². The molecule has 0 bridgehead atoms. The highest BCUT2D eigenvalue weighted by molar-refractivity contribution is 7.19. The molecule has 1 aliphatic carbocycles. The van der Waals surface area contributed by atoms with Crippen molar-refractivity contribution in [2.24, 2.45) is 0 Å². The van der Waals surface area contributed by atoms with E-state index in [0.29, 0.717) is 0 Å². The van der Waals surface area contributed by atoms with Gasteiger partial charge < -0.3 is 0 Å². The van der Waals surface area contributed by atoms with E-state index in [1.807, 2.05) is 23.5 Å². The highest BCUT2D eigenvalue weighted by atomic mass is 32.1. The predicted octanol–water partition coefficient (Wildman–Crippen LogP) is 12.2. The van der Waals surface area contributed by atoms with Gasteiger partial charge in [0, 0.05) is 26.3 Å². The molecule has 2 aliphatic rings. The molecule has 0 radical (unpaired) electrons. The molecule has 0 unspecified atom stereocenters. The highest BCUT2D eigenvalue weighted by Crippen LogP contribution is 2.54. The topological polar surface area (TPSA) is 11.3 Å². The molecule has 0 fully saturated rings. The van der Waals surface area contributed by atoms with Crippen LogP contribution in [0.2, 0.25) is 0 Å². The number of fused-ring (bicyclic) bond motifs is 3. The Morgan fingerprint density at radius 3 is 1.40 bits per heavy atom. The summed E-state index contributed by atoms with van der Waals surface area (Å²) in [6.07, 6.45) is 0. The Morgan fingerprint density at radius 2 is 0.837 bits per heavy atom. The Hall–Kier alpha value is -5.31. The molecule has 43 heavy (non-hydrogen) atoms. The van der Waals surface area contributed by atoms with Crippen LogP contribution in [0.3, 0.4) is 0 Å². The Morgan fingerprint density at radius 1 is 0.372 bits per heavy atom. The van der Waals surface area contributed by atoms with E-state index in [1.54, 1.807) is 0 Å². The van der Waals surface area contributed by atoms with Crippen LogP contribution in [0.25, 0.3) is 76.6 Å². The first-order valence-corrected chi connectivity index (χ1v) is 15.3. The summed E-state index contributed by atoms with van der Waals surface area (Å²) in [5.74, 6) is 1.70. The second kappa shape index (κ2) is 10.8. The number of rotatable bonds is 5. The Labute approximate surface area is 255 Å². The summed E-state index contributed by atoms with van der Waals surface area (Å²) in [6, 6.07) is 58.0. The van der Waals surface area contributed by atoms with Gasteiger partial charge in [0.1, 0.15) is 0 Å². The average molecular weight is 568 g/mol. The van der Waals surface area contributed by atoms with Crippen LogP contribution in [0, 0.1) is 0 Å². The largest absolute Gasteiger partial charge is 0.361 e. The van der Waals surface area contributed by atoms with Crippen molar-refractivity contribution >= 4 is 22.1 Å². The van der Waals surface area contributed by atoms with Crippen molar-refractivity contribution < 1.29 is 4.42 Å². The van der Waals surface area contributed by atoms with Crippen molar-refractivity contribution in [3.05, 3.63) is 164 Å². The number of hydrogen-bond donors (Lipinski definition) is 0. The van der Waals surface area contributed by atoms with Crippen LogP contribution >= 0.6 is 11.3 Å². The molecule has 5 aromatic carbocycles. The smallest absolute Gasteiger partial charge is 0.207 e. The van der Waals surface area contributed by atoms with Crippen molar-refractivity contribution in [1.82, 2.24) is 0 Å². The normalized spacial score (nSPS) is 11.3. The van der Waals surface area contributed by atoms with E-state index in [2.05, 4.69) is 152 Å². The minimum absolute atomic E-state index is 0.848. The Bertz CT molecular complexity index is 2090. The summed E-state index contributed by atoms with van der Waals surface area (Å²) in [5, 5.41) is 2.52. The van der Waals surface area contributed by atoms with Gasteiger partial charge >= 0.3 is 11.5 Å². The lowest BCUT2D eigenvalue weighted by Crippen LogP contribution is -1.89. The number of benzene rings is 5. The highest BCUT2D eigenvalue weighted by Gasteiger charge is 2.28. The fourth-order valence-corrected chi connectivity index (χ4v) is 7.27. The number of hydrogen-bond acceptors (Lipinski definition) is 1. The summed E-state index contributed by atoms with van der Waals surface area (Å²) < 4.78 is 6.61. The molecule has 6 aromatic rings. The standard InChI is InChI=1S/C41H27OS/c1-5-15-28(16-6-1)35-27-38(31-21-11-4-12-22-31)43-41-34-24-14-13-23-33(34)39(40(35)41)32-25-36(29-17-7-2-8-18-29)42-37(26-32)30-19-9-3-10-20-30/h1-27H/q+1.